The summed E-state index contributed by atoms with van der Waals surface area (Å²) in [6.45, 7) is 0. The third-order valence-electron chi connectivity index (χ3n) is 2.80. The summed E-state index contributed by atoms with van der Waals surface area (Å²) in [5, 5.41) is 3.40. The molecule has 1 aromatic heterocycles. The number of carbonyl (C=O) groups is 1. The normalized spacial score (nSPS) is 11.1. The van der Waals surface area contributed by atoms with Gasteiger partial charge in [0.05, 0.1) is 10.2 Å². The summed E-state index contributed by atoms with van der Waals surface area (Å²) in [6, 6.07) is 15.6. The van der Waals surface area contributed by atoms with Gasteiger partial charge in [-0.25, -0.2) is 4.98 Å². The van der Waals surface area contributed by atoms with E-state index in [1.54, 1.807) is 6.08 Å². The molecule has 21 heavy (non-hydrogen) atoms. The Balaban J connectivity index is 1.71. The molecule has 3 rings (SSSR count). The minimum absolute atomic E-state index is 0.186. The van der Waals surface area contributed by atoms with Crippen molar-refractivity contribution in [3.63, 3.8) is 0 Å². The van der Waals surface area contributed by atoms with Gasteiger partial charge in [0.1, 0.15) is 0 Å². The molecule has 3 nitrogen and oxygen atoms in total. The molecule has 0 aliphatic rings. The van der Waals surface area contributed by atoms with E-state index in [0.29, 0.717) is 5.13 Å². The fourth-order valence-electron chi connectivity index (χ4n) is 1.85. The van der Waals surface area contributed by atoms with Crippen molar-refractivity contribution in [3.05, 3.63) is 64.6 Å². The molecule has 0 bridgehead atoms. The largest absolute Gasteiger partial charge is 0.298 e. The Kier molecular flexibility index (Phi) is 4.13. The average molecular weight is 359 g/mol. The monoisotopic (exact) mass is 358 g/mol. The number of benzene rings is 2. The van der Waals surface area contributed by atoms with Crippen molar-refractivity contribution in [1.82, 2.24) is 4.98 Å². The van der Waals surface area contributed by atoms with Gasteiger partial charge in [-0.15, -0.1) is 0 Å². The maximum atomic E-state index is 11.9. The van der Waals surface area contributed by atoms with E-state index in [1.165, 1.54) is 17.4 Å². The van der Waals surface area contributed by atoms with Crippen LogP contribution in [0.2, 0.25) is 0 Å². The zero-order valence-electron chi connectivity index (χ0n) is 10.9. The van der Waals surface area contributed by atoms with Crippen molar-refractivity contribution in [2.45, 2.75) is 0 Å². The first-order valence-corrected chi connectivity index (χ1v) is 7.92. The molecule has 3 aromatic rings. The number of anilines is 1. The smallest absolute Gasteiger partial charge is 0.250 e. The number of nitrogens with zero attached hydrogens (tertiary/aromatic N) is 1. The number of thiazole rings is 1. The average Bonchev–Trinajstić information content (AvgIpc) is 2.87. The summed E-state index contributed by atoms with van der Waals surface area (Å²) in [4.78, 5) is 16.3. The molecule has 0 spiro atoms. The second-order valence-corrected chi connectivity index (χ2v) is 6.31. The number of aromatic nitrogens is 1. The summed E-state index contributed by atoms with van der Waals surface area (Å²) >= 11 is 4.87. The molecule has 0 radical (unpaired) electrons. The molecule has 1 amide bonds. The lowest BCUT2D eigenvalue weighted by molar-refractivity contribution is -0.111. The second kappa shape index (κ2) is 6.20. The molecule has 0 fully saturated rings. The van der Waals surface area contributed by atoms with Crippen molar-refractivity contribution < 1.29 is 4.79 Å². The predicted molar refractivity (Wildman–Crippen MR) is 91.4 cm³/mol. The van der Waals surface area contributed by atoms with Crippen LogP contribution in [-0.2, 0) is 4.79 Å². The van der Waals surface area contributed by atoms with Gasteiger partial charge >= 0.3 is 0 Å². The molecular weight excluding hydrogens is 348 g/mol. The SMILES string of the molecule is O=C(/C=C/c1cccc(Br)c1)Nc1nc2ccccc2s1. The van der Waals surface area contributed by atoms with Crippen molar-refractivity contribution in [2.75, 3.05) is 5.32 Å². The Morgan fingerprint density at radius 1 is 1.19 bits per heavy atom. The molecule has 0 atom stereocenters. The van der Waals surface area contributed by atoms with Crippen LogP contribution in [-0.4, -0.2) is 10.9 Å². The van der Waals surface area contributed by atoms with E-state index in [4.69, 9.17) is 0 Å². The van der Waals surface area contributed by atoms with Crippen LogP contribution in [0.3, 0.4) is 0 Å². The summed E-state index contributed by atoms with van der Waals surface area (Å²) in [5.74, 6) is -0.186. The first-order valence-electron chi connectivity index (χ1n) is 6.31. The van der Waals surface area contributed by atoms with Crippen LogP contribution < -0.4 is 5.32 Å². The quantitative estimate of drug-likeness (QED) is 0.688. The maximum Gasteiger partial charge on any atom is 0.250 e. The van der Waals surface area contributed by atoms with Gasteiger partial charge in [0, 0.05) is 10.5 Å². The van der Waals surface area contributed by atoms with E-state index in [9.17, 15) is 4.79 Å². The lowest BCUT2D eigenvalue weighted by atomic mass is 10.2. The number of nitrogens with one attached hydrogen (secondary N) is 1. The first kappa shape index (κ1) is 14.0. The Labute approximate surface area is 134 Å². The van der Waals surface area contributed by atoms with E-state index < -0.39 is 0 Å². The van der Waals surface area contributed by atoms with E-state index in [0.717, 1.165) is 20.3 Å². The van der Waals surface area contributed by atoms with Gasteiger partial charge < -0.3 is 0 Å². The summed E-state index contributed by atoms with van der Waals surface area (Å²) < 4.78 is 2.04. The van der Waals surface area contributed by atoms with Gasteiger partial charge in [-0.1, -0.05) is 51.5 Å². The van der Waals surface area contributed by atoms with Gasteiger partial charge in [0.2, 0.25) is 5.91 Å². The number of hydrogen-bond donors (Lipinski definition) is 1. The van der Waals surface area contributed by atoms with Gasteiger partial charge in [0.25, 0.3) is 0 Å². The van der Waals surface area contributed by atoms with Crippen molar-refractivity contribution in [2.24, 2.45) is 0 Å². The molecule has 5 heteroatoms. The lowest BCUT2D eigenvalue weighted by Gasteiger charge is -1.96. The van der Waals surface area contributed by atoms with Crippen LogP contribution in [0.4, 0.5) is 5.13 Å². The van der Waals surface area contributed by atoms with E-state index in [-0.39, 0.29) is 5.91 Å². The van der Waals surface area contributed by atoms with Crippen molar-refractivity contribution in [3.8, 4) is 0 Å². The molecule has 1 N–H and O–H groups in total. The minimum atomic E-state index is -0.186. The molecule has 0 unspecified atom stereocenters. The van der Waals surface area contributed by atoms with E-state index >= 15 is 0 Å². The molecule has 2 aromatic carbocycles. The number of rotatable bonds is 3. The molecule has 0 saturated heterocycles. The molecule has 1 heterocycles. The van der Waals surface area contributed by atoms with Crippen LogP contribution in [0.25, 0.3) is 16.3 Å². The lowest BCUT2D eigenvalue weighted by Crippen LogP contribution is -2.07. The standard InChI is InChI=1S/C16H11BrN2OS/c17-12-5-3-4-11(10-12)8-9-15(20)19-16-18-13-6-1-2-7-14(13)21-16/h1-10H,(H,18,19,20)/b9-8+. The summed E-state index contributed by atoms with van der Waals surface area (Å²) in [5.41, 5.74) is 1.86. The summed E-state index contributed by atoms with van der Waals surface area (Å²) in [7, 11) is 0. The number of hydrogen-bond acceptors (Lipinski definition) is 3. The Bertz CT molecular complexity index is 793. The topological polar surface area (TPSA) is 42.0 Å². The molecule has 0 aliphatic carbocycles. The number of para-hydroxylation sites is 1. The van der Waals surface area contributed by atoms with Gasteiger partial charge in [-0.2, -0.15) is 0 Å². The van der Waals surface area contributed by atoms with E-state index in [2.05, 4.69) is 26.2 Å². The Morgan fingerprint density at radius 2 is 2.05 bits per heavy atom. The van der Waals surface area contributed by atoms with Gasteiger partial charge in [-0.3, -0.25) is 10.1 Å². The Hall–Kier alpha value is -1.98. The fourth-order valence-corrected chi connectivity index (χ4v) is 3.14. The predicted octanol–water partition coefficient (Wildman–Crippen LogP) is 4.71. The van der Waals surface area contributed by atoms with Crippen LogP contribution >= 0.6 is 27.3 Å². The molecule has 0 saturated carbocycles. The summed E-state index contributed by atoms with van der Waals surface area (Å²) in [6.07, 6.45) is 3.28. The second-order valence-electron chi connectivity index (χ2n) is 4.36. The molecule has 0 aliphatic heterocycles. The Morgan fingerprint density at radius 3 is 2.86 bits per heavy atom. The first-order chi connectivity index (χ1) is 10.2. The fraction of sp³-hybridized carbons (Fsp3) is 0. The maximum absolute atomic E-state index is 11.9. The highest BCUT2D eigenvalue weighted by molar-refractivity contribution is 9.10. The number of carbonyl (C=O) groups excluding carboxylic acids is 1. The van der Waals surface area contributed by atoms with Crippen LogP contribution in [0, 0.1) is 0 Å². The third-order valence-corrected chi connectivity index (χ3v) is 4.24. The highest BCUT2D eigenvalue weighted by Gasteiger charge is 2.04. The molecular formula is C16H11BrN2OS. The van der Waals surface area contributed by atoms with Crippen LogP contribution in [0.1, 0.15) is 5.56 Å². The molecule has 104 valence electrons. The van der Waals surface area contributed by atoms with Crippen LogP contribution in [0.5, 0.6) is 0 Å². The van der Waals surface area contributed by atoms with Gasteiger partial charge in [0.15, 0.2) is 5.13 Å². The minimum Gasteiger partial charge on any atom is -0.298 e. The highest BCUT2D eigenvalue weighted by atomic mass is 79.9. The zero-order chi connectivity index (χ0) is 14.7. The van der Waals surface area contributed by atoms with Crippen LogP contribution in [0.15, 0.2) is 59.1 Å². The number of amides is 1. The number of halogens is 1. The highest BCUT2D eigenvalue weighted by Crippen LogP contribution is 2.25. The van der Waals surface area contributed by atoms with Crippen molar-refractivity contribution >= 4 is 54.6 Å². The zero-order valence-corrected chi connectivity index (χ0v) is 13.3. The van der Waals surface area contributed by atoms with E-state index in [1.807, 2.05) is 48.5 Å². The third kappa shape index (κ3) is 3.56. The number of fused-ring (bicyclic) bond motifs is 1. The van der Waals surface area contributed by atoms with Gasteiger partial charge in [-0.05, 0) is 35.9 Å². The van der Waals surface area contributed by atoms with Crippen molar-refractivity contribution in [1.29, 1.82) is 0 Å².